The van der Waals surface area contributed by atoms with Gasteiger partial charge in [-0.2, -0.15) is 0 Å². The molecule has 0 N–H and O–H groups in total. The third-order valence-electron chi connectivity index (χ3n) is 12.2. The summed E-state index contributed by atoms with van der Waals surface area (Å²) < 4.78 is 8.92. The zero-order chi connectivity index (χ0) is 40.3. The molecule has 12 rings (SSSR count). The molecule has 0 bridgehead atoms. The van der Waals surface area contributed by atoms with Gasteiger partial charge in [-0.05, 0) is 99.3 Å². The van der Waals surface area contributed by atoms with Crippen LogP contribution in [0.3, 0.4) is 0 Å². The van der Waals surface area contributed by atoms with E-state index in [0.29, 0.717) is 0 Å². The summed E-state index contributed by atoms with van der Waals surface area (Å²) in [7, 11) is 0. The molecule has 10 aromatic carbocycles. The topological polar surface area (TPSA) is 21.3 Å². The molecule has 12 aromatic rings. The molecule has 3 nitrogen and oxygen atoms in total. The van der Waals surface area contributed by atoms with Crippen molar-refractivity contribution in [3.8, 4) is 39.1 Å². The lowest BCUT2D eigenvalue weighted by molar-refractivity contribution is 0.669. The first kappa shape index (κ1) is 34.9. The van der Waals surface area contributed by atoms with Gasteiger partial charge in [-0.25, -0.2) is 0 Å². The Hall–Kier alpha value is -8.14. The van der Waals surface area contributed by atoms with Crippen LogP contribution >= 0.6 is 0 Å². The van der Waals surface area contributed by atoms with Gasteiger partial charge >= 0.3 is 0 Å². The van der Waals surface area contributed by atoms with Crippen LogP contribution < -0.4 is 4.90 Å². The van der Waals surface area contributed by atoms with E-state index in [0.717, 1.165) is 61.4 Å². The standard InChI is InChI=1S/C58H38N2O/c1-3-17-39(18-4-1)45-28-14-19-40-20-15-29-49(57(40)45)47-26-8-11-31-52(47)60(53-32-16-34-56-58(53)50-27-9-12-33-55(50)61-56)44-24-13-21-41(37-44)42-35-36-48-46-25-7-10-30-51(46)59(54(48)38-42)43-22-5-2-6-23-43/h1-38H. The maximum atomic E-state index is 6.53. The van der Waals surface area contributed by atoms with Crippen molar-refractivity contribution in [2.75, 3.05) is 4.90 Å². The first-order valence-corrected chi connectivity index (χ1v) is 20.8. The molecule has 2 aromatic heterocycles. The number of rotatable bonds is 7. The van der Waals surface area contributed by atoms with E-state index >= 15 is 0 Å². The molecule has 0 fully saturated rings. The number of furan rings is 1. The molecule has 61 heavy (non-hydrogen) atoms. The highest BCUT2D eigenvalue weighted by atomic mass is 16.3. The van der Waals surface area contributed by atoms with E-state index in [1.165, 1.54) is 49.3 Å². The second kappa shape index (κ2) is 14.3. The molecule has 0 unspecified atom stereocenters. The van der Waals surface area contributed by atoms with Crippen molar-refractivity contribution in [2.45, 2.75) is 0 Å². The largest absolute Gasteiger partial charge is 0.456 e. The molecule has 0 saturated carbocycles. The van der Waals surface area contributed by atoms with Crippen LogP contribution in [0, 0.1) is 0 Å². The zero-order valence-corrected chi connectivity index (χ0v) is 33.2. The summed E-state index contributed by atoms with van der Waals surface area (Å²) >= 11 is 0. The molecule has 0 atom stereocenters. The fourth-order valence-corrected chi connectivity index (χ4v) is 9.50. The van der Waals surface area contributed by atoms with Crippen molar-refractivity contribution in [1.82, 2.24) is 4.57 Å². The molecule has 286 valence electrons. The SMILES string of the molecule is c1ccc(-c2cccc3cccc(-c4ccccc4N(c4cccc(-c5ccc6c7ccccc7n(-c7ccccc7)c6c5)c4)c4cccc5oc6ccccc6c45)c23)cc1. The molecular weight excluding hydrogens is 741 g/mol. The average Bonchev–Trinajstić information content (AvgIpc) is 3.88. The first-order valence-electron chi connectivity index (χ1n) is 20.8. The van der Waals surface area contributed by atoms with E-state index < -0.39 is 0 Å². The smallest absolute Gasteiger partial charge is 0.137 e. The van der Waals surface area contributed by atoms with E-state index in [1.54, 1.807) is 0 Å². The Kier molecular flexibility index (Phi) is 8.17. The second-order valence-electron chi connectivity index (χ2n) is 15.6. The van der Waals surface area contributed by atoms with Gasteiger partial charge in [0, 0.05) is 33.1 Å². The summed E-state index contributed by atoms with van der Waals surface area (Å²) in [5, 5.41) is 7.07. The van der Waals surface area contributed by atoms with Crippen molar-refractivity contribution >= 4 is 71.6 Å². The summed E-state index contributed by atoms with van der Waals surface area (Å²) in [6.07, 6.45) is 0. The van der Waals surface area contributed by atoms with E-state index in [1.807, 2.05) is 6.07 Å². The summed E-state index contributed by atoms with van der Waals surface area (Å²) in [6.45, 7) is 0. The lowest BCUT2D eigenvalue weighted by Gasteiger charge is -2.29. The highest BCUT2D eigenvalue weighted by molar-refractivity contribution is 6.15. The van der Waals surface area contributed by atoms with Crippen LogP contribution in [-0.2, 0) is 0 Å². The predicted molar refractivity (Wildman–Crippen MR) is 257 cm³/mol. The number of para-hydroxylation sites is 4. The van der Waals surface area contributed by atoms with E-state index in [4.69, 9.17) is 4.42 Å². The van der Waals surface area contributed by atoms with Crippen LogP contribution in [0.1, 0.15) is 0 Å². The minimum atomic E-state index is 0.855. The molecule has 3 heteroatoms. The van der Waals surface area contributed by atoms with Gasteiger partial charge in [0.1, 0.15) is 11.2 Å². The lowest BCUT2D eigenvalue weighted by Crippen LogP contribution is -2.12. The third-order valence-corrected chi connectivity index (χ3v) is 12.2. The first-order chi connectivity index (χ1) is 30.3. The highest BCUT2D eigenvalue weighted by Crippen LogP contribution is 2.48. The number of hydrogen-bond acceptors (Lipinski definition) is 2. The van der Waals surface area contributed by atoms with Gasteiger partial charge in [0.15, 0.2) is 0 Å². The van der Waals surface area contributed by atoms with Crippen molar-refractivity contribution in [1.29, 1.82) is 0 Å². The maximum Gasteiger partial charge on any atom is 0.137 e. The Morgan fingerprint density at radius 1 is 0.344 bits per heavy atom. The number of hydrogen-bond donors (Lipinski definition) is 0. The Morgan fingerprint density at radius 2 is 0.951 bits per heavy atom. The van der Waals surface area contributed by atoms with Crippen molar-refractivity contribution in [2.24, 2.45) is 0 Å². The number of aromatic nitrogens is 1. The lowest BCUT2D eigenvalue weighted by atomic mass is 9.90. The van der Waals surface area contributed by atoms with Crippen molar-refractivity contribution in [3.05, 3.63) is 231 Å². The second-order valence-corrected chi connectivity index (χ2v) is 15.6. The predicted octanol–water partition coefficient (Wildman–Crippen LogP) is 16.3. The Balaban J connectivity index is 1.10. The minimum Gasteiger partial charge on any atom is -0.456 e. The van der Waals surface area contributed by atoms with E-state index in [-0.39, 0.29) is 0 Å². The molecule has 0 spiro atoms. The molecule has 0 aliphatic rings. The Morgan fingerprint density at radius 3 is 1.82 bits per heavy atom. The quantitative estimate of drug-likeness (QED) is 0.161. The number of anilines is 3. The Labute approximate surface area is 353 Å². The van der Waals surface area contributed by atoms with Crippen LogP contribution in [0.25, 0.3) is 93.6 Å². The molecule has 2 heterocycles. The molecule has 0 radical (unpaired) electrons. The van der Waals surface area contributed by atoms with Gasteiger partial charge in [-0.1, -0.05) is 170 Å². The van der Waals surface area contributed by atoms with E-state index in [2.05, 4.69) is 234 Å². The van der Waals surface area contributed by atoms with E-state index in [9.17, 15) is 0 Å². The van der Waals surface area contributed by atoms with Gasteiger partial charge < -0.3 is 13.9 Å². The number of fused-ring (bicyclic) bond motifs is 7. The van der Waals surface area contributed by atoms with Gasteiger partial charge in [0.05, 0.1) is 27.8 Å². The van der Waals surface area contributed by atoms with Crippen molar-refractivity contribution in [3.63, 3.8) is 0 Å². The summed E-state index contributed by atoms with van der Waals surface area (Å²) in [4.78, 5) is 2.44. The van der Waals surface area contributed by atoms with Crippen molar-refractivity contribution < 1.29 is 4.42 Å². The average molecular weight is 779 g/mol. The summed E-state index contributed by atoms with van der Waals surface area (Å²) in [5.74, 6) is 0. The molecule has 0 amide bonds. The van der Waals surface area contributed by atoms with Gasteiger partial charge in [-0.3, -0.25) is 0 Å². The zero-order valence-electron chi connectivity index (χ0n) is 33.2. The monoisotopic (exact) mass is 778 g/mol. The maximum absolute atomic E-state index is 6.53. The van der Waals surface area contributed by atoms with Gasteiger partial charge in [0.2, 0.25) is 0 Å². The van der Waals surface area contributed by atoms with Crippen LogP contribution in [0.4, 0.5) is 17.1 Å². The fraction of sp³-hybridized carbons (Fsp3) is 0. The van der Waals surface area contributed by atoms with Crippen LogP contribution in [0.5, 0.6) is 0 Å². The molecule has 0 saturated heterocycles. The van der Waals surface area contributed by atoms with Crippen LogP contribution in [0.15, 0.2) is 235 Å². The molecular formula is C58H38N2O. The van der Waals surface area contributed by atoms with Crippen LogP contribution in [-0.4, -0.2) is 4.57 Å². The summed E-state index contributed by atoms with van der Waals surface area (Å²) in [5.41, 5.74) is 15.4. The highest BCUT2D eigenvalue weighted by Gasteiger charge is 2.24. The van der Waals surface area contributed by atoms with Gasteiger partial charge in [-0.15, -0.1) is 0 Å². The normalized spacial score (nSPS) is 11.6. The van der Waals surface area contributed by atoms with Gasteiger partial charge in [0.25, 0.3) is 0 Å². The third kappa shape index (κ3) is 5.74. The minimum absolute atomic E-state index is 0.855. The number of nitrogens with zero attached hydrogens (tertiary/aromatic N) is 2. The number of benzene rings is 10. The fourth-order valence-electron chi connectivity index (χ4n) is 9.50. The molecule has 0 aliphatic carbocycles. The van der Waals surface area contributed by atoms with Crippen LogP contribution in [0.2, 0.25) is 0 Å². The summed E-state index contributed by atoms with van der Waals surface area (Å²) in [6, 6.07) is 83.0. The Bertz CT molecular complexity index is 3590. The molecule has 0 aliphatic heterocycles.